The van der Waals surface area contributed by atoms with E-state index in [1.165, 1.54) is 4.88 Å². The fourth-order valence-electron chi connectivity index (χ4n) is 1.70. The molecule has 5 nitrogen and oxygen atoms in total. The van der Waals surface area contributed by atoms with Crippen molar-refractivity contribution in [1.29, 1.82) is 0 Å². The Bertz CT molecular complexity index is 756. The van der Waals surface area contributed by atoms with Gasteiger partial charge in [-0.3, -0.25) is 10.1 Å². The first-order valence-corrected chi connectivity index (χ1v) is 7.25. The monoisotopic (exact) mass is 301 g/mol. The average Bonchev–Trinajstić information content (AvgIpc) is 3.09. The summed E-state index contributed by atoms with van der Waals surface area (Å²) in [6.45, 7) is 0. The summed E-state index contributed by atoms with van der Waals surface area (Å²) in [5.41, 5.74) is 0.963. The highest BCUT2D eigenvalue weighted by molar-refractivity contribution is 7.71. The second-order valence-corrected chi connectivity index (χ2v) is 5.46. The molecule has 0 aliphatic rings. The van der Waals surface area contributed by atoms with Gasteiger partial charge in [0.1, 0.15) is 0 Å². The molecule has 3 aromatic heterocycles. The molecule has 0 aromatic carbocycles. The van der Waals surface area contributed by atoms with Crippen LogP contribution in [0.25, 0.3) is 0 Å². The van der Waals surface area contributed by atoms with Gasteiger partial charge in [-0.15, -0.1) is 11.3 Å². The first-order chi connectivity index (χ1) is 9.83. The highest BCUT2D eigenvalue weighted by Gasteiger charge is 2.06. The lowest BCUT2D eigenvalue weighted by Gasteiger charge is -1.98. The fourth-order valence-corrected chi connectivity index (χ4v) is 2.60. The van der Waals surface area contributed by atoms with Gasteiger partial charge in [0.15, 0.2) is 5.82 Å². The van der Waals surface area contributed by atoms with Crippen LogP contribution in [0.1, 0.15) is 16.3 Å². The van der Waals surface area contributed by atoms with Gasteiger partial charge < -0.3 is 0 Å². The number of H-pyrrole nitrogens is 1. The normalized spacial score (nSPS) is 11.2. The molecule has 0 saturated carbocycles. The van der Waals surface area contributed by atoms with E-state index in [9.17, 15) is 0 Å². The molecule has 0 unspecified atom stereocenters. The van der Waals surface area contributed by atoms with E-state index in [2.05, 4.69) is 26.3 Å². The highest BCUT2D eigenvalue weighted by Crippen LogP contribution is 2.13. The van der Waals surface area contributed by atoms with Crippen LogP contribution in [0.15, 0.2) is 47.1 Å². The molecule has 7 heteroatoms. The van der Waals surface area contributed by atoms with E-state index in [4.69, 9.17) is 12.2 Å². The second-order valence-electron chi connectivity index (χ2n) is 4.04. The van der Waals surface area contributed by atoms with Crippen LogP contribution in [0, 0.1) is 4.77 Å². The van der Waals surface area contributed by atoms with Crippen molar-refractivity contribution in [1.82, 2.24) is 19.9 Å². The topological polar surface area (TPSA) is 58.9 Å². The summed E-state index contributed by atoms with van der Waals surface area (Å²) in [7, 11) is 0. The second kappa shape index (κ2) is 5.89. The van der Waals surface area contributed by atoms with Gasteiger partial charge >= 0.3 is 0 Å². The van der Waals surface area contributed by atoms with E-state index >= 15 is 0 Å². The number of nitrogens with zero attached hydrogens (tertiary/aromatic N) is 4. The number of aromatic amines is 1. The number of pyridine rings is 1. The van der Waals surface area contributed by atoms with Crippen molar-refractivity contribution < 1.29 is 0 Å². The van der Waals surface area contributed by atoms with Gasteiger partial charge in [-0.1, -0.05) is 6.07 Å². The predicted molar refractivity (Wildman–Crippen MR) is 81.8 cm³/mol. The average molecular weight is 301 g/mol. The van der Waals surface area contributed by atoms with Crippen LogP contribution < -0.4 is 0 Å². The molecule has 3 rings (SSSR count). The molecule has 3 heterocycles. The van der Waals surface area contributed by atoms with Crippen LogP contribution in [0.5, 0.6) is 0 Å². The van der Waals surface area contributed by atoms with Gasteiger partial charge in [0.2, 0.25) is 4.77 Å². The van der Waals surface area contributed by atoms with Crippen molar-refractivity contribution in [3.8, 4) is 0 Å². The van der Waals surface area contributed by atoms with Crippen molar-refractivity contribution in [2.45, 2.75) is 6.42 Å². The Hall–Kier alpha value is -2.12. The van der Waals surface area contributed by atoms with Crippen molar-refractivity contribution in [3.63, 3.8) is 0 Å². The predicted octanol–water partition coefficient (Wildman–Crippen LogP) is 2.87. The van der Waals surface area contributed by atoms with Gasteiger partial charge in [0, 0.05) is 23.7 Å². The Morgan fingerprint density at radius 2 is 2.20 bits per heavy atom. The number of aromatic nitrogens is 4. The van der Waals surface area contributed by atoms with E-state index in [-0.39, 0.29) is 0 Å². The molecule has 0 fully saturated rings. The maximum Gasteiger partial charge on any atom is 0.216 e. The summed E-state index contributed by atoms with van der Waals surface area (Å²) >= 11 is 6.89. The number of rotatable bonds is 4. The van der Waals surface area contributed by atoms with Crippen LogP contribution in [0.2, 0.25) is 0 Å². The third kappa shape index (κ3) is 2.89. The minimum Gasteiger partial charge on any atom is -0.265 e. The van der Waals surface area contributed by atoms with E-state index in [1.807, 2.05) is 23.6 Å². The van der Waals surface area contributed by atoms with Crippen LogP contribution >= 0.6 is 23.6 Å². The van der Waals surface area contributed by atoms with Gasteiger partial charge in [-0.25, -0.2) is 0 Å². The molecular formula is C13H11N5S2. The lowest BCUT2D eigenvalue weighted by molar-refractivity contribution is 0.795. The molecule has 0 aliphatic carbocycles. The third-order valence-corrected chi connectivity index (χ3v) is 3.80. The summed E-state index contributed by atoms with van der Waals surface area (Å²) in [5, 5.41) is 13.4. The molecule has 100 valence electrons. The summed E-state index contributed by atoms with van der Waals surface area (Å²) in [6, 6.07) is 7.85. The van der Waals surface area contributed by atoms with Gasteiger partial charge in [0.05, 0.1) is 6.21 Å². The molecule has 0 atom stereocenters. The molecular weight excluding hydrogens is 290 g/mol. The molecule has 1 N–H and O–H groups in total. The van der Waals surface area contributed by atoms with Gasteiger partial charge in [0.25, 0.3) is 0 Å². The van der Waals surface area contributed by atoms with E-state index < -0.39 is 0 Å². The zero-order chi connectivity index (χ0) is 13.8. The number of hydrogen-bond donors (Lipinski definition) is 1. The standard InChI is InChI=1S/C13H11N5S2/c19-13-17-16-12(8-11-2-1-7-20-11)18(13)15-9-10-3-5-14-6-4-10/h1-7,9H,8H2,(H,17,19)/b15-9-. The number of nitrogens with one attached hydrogen (secondary N) is 1. The fraction of sp³-hybridized carbons (Fsp3) is 0.0769. The Labute approximate surface area is 124 Å². The molecule has 0 spiro atoms. The smallest absolute Gasteiger partial charge is 0.216 e. The van der Waals surface area contributed by atoms with Crippen LogP contribution in [0.4, 0.5) is 0 Å². The van der Waals surface area contributed by atoms with Gasteiger partial charge in [-0.05, 0) is 41.4 Å². The first kappa shape index (κ1) is 12.9. The molecule has 0 amide bonds. The molecule has 0 saturated heterocycles. The lowest BCUT2D eigenvalue weighted by Crippen LogP contribution is -1.99. The van der Waals surface area contributed by atoms with Crippen molar-refractivity contribution in [2.24, 2.45) is 5.10 Å². The molecule has 20 heavy (non-hydrogen) atoms. The van der Waals surface area contributed by atoms with Crippen molar-refractivity contribution >= 4 is 29.8 Å². The maximum absolute atomic E-state index is 5.21. The zero-order valence-corrected chi connectivity index (χ0v) is 12.1. The van der Waals surface area contributed by atoms with Crippen molar-refractivity contribution in [3.05, 3.63) is 63.1 Å². The first-order valence-electron chi connectivity index (χ1n) is 5.96. The number of hydrogen-bond acceptors (Lipinski definition) is 5. The van der Waals surface area contributed by atoms with E-state index in [0.717, 1.165) is 11.4 Å². The molecule has 3 aromatic rings. The Balaban J connectivity index is 1.88. The lowest BCUT2D eigenvalue weighted by atomic mass is 10.3. The summed E-state index contributed by atoms with van der Waals surface area (Å²) in [4.78, 5) is 5.19. The van der Waals surface area contributed by atoms with Gasteiger partial charge in [-0.2, -0.15) is 14.9 Å². The largest absolute Gasteiger partial charge is 0.265 e. The highest BCUT2D eigenvalue weighted by atomic mass is 32.1. The maximum atomic E-state index is 5.21. The Morgan fingerprint density at radius 3 is 2.95 bits per heavy atom. The SMILES string of the molecule is S=c1[nH]nc(Cc2cccs2)n1/N=C\c1ccncc1. The Kier molecular flexibility index (Phi) is 3.80. The quantitative estimate of drug-likeness (QED) is 0.595. The third-order valence-electron chi connectivity index (χ3n) is 2.66. The van der Waals surface area contributed by atoms with Crippen molar-refractivity contribution in [2.75, 3.05) is 0 Å². The van der Waals surface area contributed by atoms with Crippen LogP contribution in [-0.4, -0.2) is 26.1 Å². The van der Waals surface area contributed by atoms with E-state index in [0.29, 0.717) is 11.2 Å². The summed E-state index contributed by atoms with van der Waals surface area (Å²) in [5.74, 6) is 0.794. The minimum atomic E-state index is 0.488. The van der Waals surface area contributed by atoms with Crippen LogP contribution in [-0.2, 0) is 6.42 Å². The Morgan fingerprint density at radius 1 is 1.35 bits per heavy atom. The molecule has 0 aliphatic heterocycles. The molecule has 0 radical (unpaired) electrons. The van der Waals surface area contributed by atoms with Crippen LogP contribution in [0.3, 0.4) is 0 Å². The zero-order valence-electron chi connectivity index (χ0n) is 10.4. The summed E-state index contributed by atoms with van der Waals surface area (Å²) in [6.07, 6.45) is 5.90. The van der Waals surface area contributed by atoms with E-state index in [1.54, 1.807) is 34.6 Å². The number of thiophene rings is 1. The summed E-state index contributed by atoms with van der Waals surface area (Å²) < 4.78 is 2.14. The molecule has 0 bridgehead atoms. The minimum absolute atomic E-state index is 0.488.